The summed E-state index contributed by atoms with van der Waals surface area (Å²) in [4.78, 5) is 18.7. The molecule has 5 nitrogen and oxygen atoms in total. The van der Waals surface area contributed by atoms with Crippen LogP contribution < -0.4 is 5.73 Å². The Morgan fingerprint density at radius 1 is 1.41 bits per heavy atom. The van der Waals surface area contributed by atoms with Gasteiger partial charge in [0.1, 0.15) is 6.07 Å². The number of nitrogens with zero attached hydrogens (tertiary/aromatic N) is 3. The average Bonchev–Trinajstić information content (AvgIpc) is 2.69. The molecule has 0 aliphatic carbocycles. The van der Waals surface area contributed by atoms with Crippen LogP contribution in [0.3, 0.4) is 0 Å². The second-order valence-corrected chi connectivity index (χ2v) is 6.99. The maximum Gasteiger partial charge on any atom is 0.254 e. The lowest BCUT2D eigenvalue weighted by atomic mass is 9.87. The molecule has 2 heterocycles. The Bertz CT molecular complexity index is 911. The quantitative estimate of drug-likeness (QED) is 0.843. The zero-order chi connectivity index (χ0) is 19.6. The molecule has 1 aromatic carbocycles. The summed E-state index contributed by atoms with van der Waals surface area (Å²) in [6, 6.07) is 8.87. The molecule has 1 aliphatic rings. The minimum atomic E-state index is -1.69. The van der Waals surface area contributed by atoms with Gasteiger partial charge in [-0.1, -0.05) is 13.0 Å². The van der Waals surface area contributed by atoms with E-state index >= 15 is 4.39 Å². The molecule has 1 aliphatic heterocycles. The second-order valence-electron chi connectivity index (χ2n) is 6.99. The number of nitriles is 1. The van der Waals surface area contributed by atoms with Crippen molar-refractivity contribution in [3.63, 3.8) is 0 Å². The molecule has 0 radical (unpaired) electrons. The predicted octanol–water partition coefficient (Wildman–Crippen LogP) is 3.51. The summed E-state index contributed by atoms with van der Waals surface area (Å²) in [6.45, 7) is 4.45. The number of aryl methyl sites for hydroxylation is 2. The van der Waals surface area contributed by atoms with Crippen molar-refractivity contribution in [2.75, 3.05) is 18.8 Å². The van der Waals surface area contributed by atoms with Crippen LogP contribution in [0.15, 0.2) is 30.5 Å². The van der Waals surface area contributed by atoms with Crippen LogP contribution in [-0.4, -0.2) is 28.9 Å². The molecule has 0 unspecified atom stereocenters. The van der Waals surface area contributed by atoms with E-state index in [1.807, 2.05) is 26.0 Å². The fraction of sp³-hybridized carbons (Fsp3) is 0.381. The Kier molecular flexibility index (Phi) is 5.13. The number of piperidine rings is 1. The molecule has 1 saturated heterocycles. The van der Waals surface area contributed by atoms with Crippen LogP contribution in [0.5, 0.6) is 0 Å². The van der Waals surface area contributed by atoms with Crippen LogP contribution in [0.1, 0.15) is 52.5 Å². The second kappa shape index (κ2) is 7.36. The lowest BCUT2D eigenvalue weighted by molar-refractivity contribution is 0.0401. The molecule has 0 saturated carbocycles. The van der Waals surface area contributed by atoms with Crippen molar-refractivity contribution in [1.29, 1.82) is 5.26 Å². The van der Waals surface area contributed by atoms with E-state index in [0.29, 0.717) is 11.3 Å². The highest BCUT2D eigenvalue weighted by Gasteiger charge is 2.40. The first-order valence-electron chi connectivity index (χ1n) is 9.12. The molecule has 6 heteroatoms. The van der Waals surface area contributed by atoms with Crippen molar-refractivity contribution in [2.24, 2.45) is 0 Å². The first-order valence-corrected chi connectivity index (χ1v) is 9.12. The van der Waals surface area contributed by atoms with Crippen LogP contribution in [-0.2, 0) is 12.1 Å². The van der Waals surface area contributed by atoms with Gasteiger partial charge in [-0.15, -0.1) is 0 Å². The van der Waals surface area contributed by atoms with Crippen molar-refractivity contribution in [3.8, 4) is 6.07 Å². The van der Waals surface area contributed by atoms with Gasteiger partial charge in [0.25, 0.3) is 5.91 Å². The largest absolute Gasteiger partial charge is 0.398 e. The number of nitrogens with two attached hydrogens (primary N) is 1. The van der Waals surface area contributed by atoms with E-state index in [4.69, 9.17) is 5.73 Å². The van der Waals surface area contributed by atoms with Gasteiger partial charge in [-0.3, -0.25) is 9.78 Å². The van der Waals surface area contributed by atoms with Crippen molar-refractivity contribution in [1.82, 2.24) is 9.88 Å². The minimum absolute atomic E-state index is 0.117. The SMILES string of the molecule is CCc1cc(C)c(C(=O)N2CCC(F)(c3ncccc3C#N)CC2)cc1N. The van der Waals surface area contributed by atoms with E-state index in [9.17, 15) is 10.1 Å². The molecule has 1 aromatic heterocycles. The Morgan fingerprint density at radius 3 is 2.74 bits per heavy atom. The lowest BCUT2D eigenvalue weighted by Gasteiger charge is -2.36. The monoisotopic (exact) mass is 366 g/mol. The molecule has 0 bridgehead atoms. The van der Waals surface area contributed by atoms with E-state index < -0.39 is 5.67 Å². The number of hydrogen-bond donors (Lipinski definition) is 1. The van der Waals surface area contributed by atoms with Crippen molar-refractivity contribution >= 4 is 11.6 Å². The molecule has 2 N–H and O–H groups in total. The summed E-state index contributed by atoms with van der Waals surface area (Å²) >= 11 is 0. The lowest BCUT2D eigenvalue weighted by Crippen LogP contribution is -2.44. The first kappa shape index (κ1) is 18.8. The molecular formula is C21H23FN4O. The maximum absolute atomic E-state index is 15.5. The fourth-order valence-electron chi connectivity index (χ4n) is 3.65. The summed E-state index contributed by atoms with van der Waals surface area (Å²) in [5, 5.41) is 9.22. The van der Waals surface area contributed by atoms with Crippen LogP contribution >= 0.6 is 0 Å². The van der Waals surface area contributed by atoms with E-state index in [-0.39, 0.29) is 43.1 Å². The summed E-state index contributed by atoms with van der Waals surface area (Å²) in [6.07, 6.45) is 2.54. The van der Waals surface area contributed by atoms with E-state index in [1.165, 1.54) is 6.20 Å². The standard InChI is InChI=1S/C21H23FN4O/c1-3-15-11-14(2)17(12-18(15)24)20(27)26-9-6-21(22,7-10-26)19-16(13-23)5-4-8-25-19/h4-5,8,11-12H,3,6-7,9-10,24H2,1-2H3. The number of aromatic nitrogens is 1. The Labute approximate surface area is 158 Å². The van der Waals surface area contributed by atoms with Gasteiger partial charge in [-0.25, -0.2) is 4.39 Å². The zero-order valence-electron chi connectivity index (χ0n) is 15.6. The highest BCUT2D eigenvalue weighted by Crippen LogP contribution is 2.38. The van der Waals surface area contributed by atoms with Gasteiger partial charge in [0.2, 0.25) is 0 Å². The fourth-order valence-corrected chi connectivity index (χ4v) is 3.65. The molecule has 27 heavy (non-hydrogen) atoms. The summed E-state index contributed by atoms with van der Waals surface area (Å²) in [5.41, 5.74) is 7.84. The van der Waals surface area contributed by atoms with Crippen LogP contribution in [0, 0.1) is 18.3 Å². The minimum Gasteiger partial charge on any atom is -0.398 e. The van der Waals surface area contributed by atoms with Gasteiger partial charge >= 0.3 is 0 Å². The Balaban J connectivity index is 1.79. The number of rotatable bonds is 3. The van der Waals surface area contributed by atoms with Crippen LogP contribution in [0.25, 0.3) is 0 Å². The summed E-state index contributed by atoms with van der Waals surface area (Å²) in [5.74, 6) is -0.134. The average molecular weight is 366 g/mol. The summed E-state index contributed by atoms with van der Waals surface area (Å²) < 4.78 is 15.5. The highest BCUT2D eigenvalue weighted by molar-refractivity contribution is 5.96. The number of amides is 1. The van der Waals surface area contributed by atoms with Gasteiger partial charge in [0.15, 0.2) is 5.67 Å². The predicted molar refractivity (Wildman–Crippen MR) is 102 cm³/mol. The van der Waals surface area contributed by atoms with Crippen molar-refractivity contribution in [2.45, 2.75) is 38.8 Å². The topological polar surface area (TPSA) is 83.0 Å². The number of pyridine rings is 1. The van der Waals surface area contributed by atoms with Gasteiger partial charge in [0, 0.05) is 43.4 Å². The molecule has 1 amide bonds. The molecule has 2 aromatic rings. The normalized spacial score (nSPS) is 16.0. The molecule has 0 atom stereocenters. The van der Waals surface area contributed by atoms with Crippen molar-refractivity contribution < 1.29 is 9.18 Å². The number of halogens is 1. The number of nitrogen functional groups attached to an aromatic ring is 1. The van der Waals surface area contributed by atoms with Crippen LogP contribution in [0.2, 0.25) is 0 Å². The molecule has 0 spiro atoms. The molecule has 140 valence electrons. The van der Waals surface area contributed by atoms with Crippen LogP contribution in [0.4, 0.5) is 10.1 Å². The van der Waals surface area contributed by atoms with Crippen molar-refractivity contribution in [3.05, 3.63) is 58.4 Å². The summed E-state index contributed by atoms with van der Waals surface area (Å²) in [7, 11) is 0. The van der Waals surface area contributed by atoms with E-state index in [2.05, 4.69) is 4.98 Å². The van der Waals surface area contributed by atoms with E-state index in [0.717, 1.165) is 17.5 Å². The number of carbonyl (C=O) groups is 1. The molecular weight excluding hydrogens is 343 g/mol. The molecule has 1 fully saturated rings. The van der Waals surface area contributed by atoms with Gasteiger partial charge in [-0.2, -0.15) is 5.26 Å². The Hall–Kier alpha value is -2.94. The first-order chi connectivity index (χ1) is 12.9. The van der Waals surface area contributed by atoms with Gasteiger partial charge in [0.05, 0.1) is 11.3 Å². The number of benzene rings is 1. The number of carbonyl (C=O) groups excluding carboxylic acids is 1. The smallest absolute Gasteiger partial charge is 0.254 e. The molecule has 3 rings (SSSR count). The number of hydrogen-bond acceptors (Lipinski definition) is 4. The third-order valence-corrected chi connectivity index (χ3v) is 5.29. The number of likely N-dealkylation sites (tertiary alicyclic amines) is 1. The maximum atomic E-state index is 15.5. The van der Waals surface area contributed by atoms with E-state index in [1.54, 1.807) is 23.1 Å². The highest BCUT2D eigenvalue weighted by atomic mass is 19.1. The third kappa shape index (κ3) is 3.50. The zero-order valence-corrected chi connectivity index (χ0v) is 15.6. The number of anilines is 1. The third-order valence-electron chi connectivity index (χ3n) is 5.29. The van der Waals surface area contributed by atoms with Gasteiger partial charge < -0.3 is 10.6 Å². The number of alkyl halides is 1. The van der Waals surface area contributed by atoms with Gasteiger partial charge in [-0.05, 0) is 42.7 Å². The Morgan fingerprint density at radius 2 is 2.11 bits per heavy atom.